The van der Waals surface area contributed by atoms with Gasteiger partial charge in [0.1, 0.15) is 12.4 Å². The molecule has 2 aromatic rings. The van der Waals surface area contributed by atoms with Crippen LogP contribution in [0.5, 0.6) is 0 Å². The Bertz CT molecular complexity index is 778. The van der Waals surface area contributed by atoms with E-state index in [0.717, 1.165) is 6.42 Å². The predicted molar refractivity (Wildman–Crippen MR) is 95.8 cm³/mol. The predicted octanol–water partition coefficient (Wildman–Crippen LogP) is 1.98. The highest BCUT2D eigenvalue weighted by Gasteiger charge is 2.15. The fourth-order valence-corrected chi connectivity index (χ4v) is 2.54. The van der Waals surface area contributed by atoms with Crippen molar-refractivity contribution in [2.75, 3.05) is 33.5 Å². The number of aromatic nitrogens is 2. The van der Waals surface area contributed by atoms with Crippen molar-refractivity contribution in [3.63, 3.8) is 0 Å². The summed E-state index contributed by atoms with van der Waals surface area (Å²) in [6, 6.07) is 4.91. The molecule has 0 spiro atoms. The van der Waals surface area contributed by atoms with Crippen LogP contribution in [-0.4, -0.2) is 54.3 Å². The average Bonchev–Trinajstić information content (AvgIpc) is 2.57. The first-order valence-corrected chi connectivity index (χ1v) is 8.45. The molecular weight excluding hydrogens is 346 g/mol. The van der Waals surface area contributed by atoms with Crippen LogP contribution in [0.4, 0.5) is 0 Å². The third-order valence-corrected chi connectivity index (χ3v) is 3.80. The summed E-state index contributed by atoms with van der Waals surface area (Å²) in [6.45, 7) is 3.48. The monoisotopic (exact) mass is 367 g/mol. The molecule has 0 bridgehead atoms. The summed E-state index contributed by atoms with van der Waals surface area (Å²) in [4.78, 5) is 33.3. The lowest BCUT2D eigenvalue weighted by atomic mass is 10.2. The Morgan fingerprint density at radius 3 is 2.88 bits per heavy atom. The second-order valence-corrected chi connectivity index (χ2v) is 5.97. The lowest BCUT2D eigenvalue weighted by Gasteiger charge is -2.21. The van der Waals surface area contributed by atoms with E-state index in [-0.39, 0.29) is 24.6 Å². The molecule has 0 unspecified atom stereocenters. The van der Waals surface area contributed by atoms with E-state index in [1.165, 1.54) is 0 Å². The maximum Gasteiger partial charge on any atom is 0.258 e. The molecule has 0 radical (unpaired) electrons. The zero-order valence-electron chi connectivity index (χ0n) is 14.4. The number of hydrogen-bond acceptors (Lipinski definition) is 5. The number of nitrogens with one attached hydrogen (secondary N) is 1. The maximum atomic E-state index is 12.3. The summed E-state index contributed by atoms with van der Waals surface area (Å²) in [5.74, 6) is 0.255. The van der Waals surface area contributed by atoms with Gasteiger partial charge in [-0.1, -0.05) is 18.5 Å². The van der Waals surface area contributed by atoms with Crippen molar-refractivity contribution in [2.24, 2.45) is 0 Å². The number of carbonyl (C=O) groups excluding carboxylic acids is 1. The van der Waals surface area contributed by atoms with Gasteiger partial charge in [0.05, 0.1) is 30.7 Å². The summed E-state index contributed by atoms with van der Waals surface area (Å²) < 4.78 is 10.2. The Labute approximate surface area is 150 Å². The molecule has 136 valence electrons. The molecule has 0 aliphatic heterocycles. The van der Waals surface area contributed by atoms with Crippen LogP contribution < -0.4 is 5.56 Å². The Kier molecular flexibility index (Phi) is 7.36. The molecule has 2 rings (SSSR count). The molecule has 0 saturated heterocycles. The van der Waals surface area contributed by atoms with Crippen LogP contribution in [0, 0.1) is 0 Å². The number of halogens is 1. The van der Waals surface area contributed by atoms with E-state index in [1.54, 1.807) is 30.2 Å². The molecule has 1 N–H and O–H groups in total. The Balaban J connectivity index is 2.14. The van der Waals surface area contributed by atoms with Crippen LogP contribution in [0.15, 0.2) is 23.0 Å². The van der Waals surface area contributed by atoms with Gasteiger partial charge in [-0.25, -0.2) is 4.98 Å². The van der Waals surface area contributed by atoms with Gasteiger partial charge in [-0.3, -0.25) is 9.59 Å². The van der Waals surface area contributed by atoms with Crippen LogP contribution >= 0.6 is 11.6 Å². The highest BCUT2D eigenvalue weighted by molar-refractivity contribution is 6.31. The van der Waals surface area contributed by atoms with Gasteiger partial charge in [-0.05, 0) is 24.6 Å². The number of methoxy groups -OCH3 is 1. The Morgan fingerprint density at radius 1 is 1.36 bits per heavy atom. The van der Waals surface area contributed by atoms with Gasteiger partial charge in [0.15, 0.2) is 0 Å². The van der Waals surface area contributed by atoms with E-state index in [4.69, 9.17) is 21.1 Å². The van der Waals surface area contributed by atoms with Crippen LogP contribution in [-0.2, 0) is 20.8 Å². The van der Waals surface area contributed by atoms with Crippen molar-refractivity contribution in [2.45, 2.75) is 19.9 Å². The van der Waals surface area contributed by atoms with E-state index in [9.17, 15) is 9.59 Å². The van der Waals surface area contributed by atoms with Crippen molar-refractivity contribution in [1.29, 1.82) is 0 Å². The van der Waals surface area contributed by atoms with E-state index < -0.39 is 0 Å². The number of benzene rings is 1. The summed E-state index contributed by atoms with van der Waals surface area (Å²) in [7, 11) is 1.57. The first kappa shape index (κ1) is 19.4. The molecule has 0 atom stereocenters. The van der Waals surface area contributed by atoms with Gasteiger partial charge in [-0.15, -0.1) is 0 Å². The number of hydrogen-bond donors (Lipinski definition) is 1. The van der Waals surface area contributed by atoms with E-state index in [0.29, 0.717) is 41.5 Å². The molecule has 0 saturated carbocycles. The molecule has 1 aromatic carbocycles. The highest BCUT2D eigenvalue weighted by Crippen LogP contribution is 2.15. The van der Waals surface area contributed by atoms with Gasteiger partial charge in [-0.2, -0.15) is 0 Å². The molecule has 25 heavy (non-hydrogen) atoms. The first-order chi connectivity index (χ1) is 12.0. The molecule has 1 amide bonds. The molecular formula is C17H22ClN3O4. The van der Waals surface area contributed by atoms with Gasteiger partial charge < -0.3 is 19.4 Å². The standard InChI is InChI=1S/C17H22ClN3O4/c1-3-6-21(16(22)11-25-8-7-24-2)10-15-19-14-9-12(18)4-5-13(14)17(23)20-15/h4-5,9H,3,6-8,10-11H2,1-2H3,(H,19,20,23). The average molecular weight is 368 g/mol. The van der Waals surface area contributed by atoms with Gasteiger partial charge in [0, 0.05) is 18.7 Å². The zero-order chi connectivity index (χ0) is 18.2. The number of fused-ring (bicyclic) bond motifs is 1. The van der Waals surface area contributed by atoms with Gasteiger partial charge in [0.2, 0.25) is 5.91 Å². The SMILES string of the molecule is CCCN(Cc1nc2cc(Cl)ccc2c(=O)[nH]1)C(=O)COCCOC. The number of amides is 1. The maximum absolute atomic E-state index is 12.3. The molecule has 0 aliphatic carbocycles. The summed E-state index contributed by atoms with van der Waals surface area (Å²) in [6.07, 6.45) is 0.785. The second kappa shape index (κ2) is 9.50. The normalized spacial score (nSPS) is 11.0. The first-order valence-electron chi connectivity index (χ1n) is 8.08. The molecule has 1 heterocycles. The van der Waals surface area contributed by atoms with E-state index in [2.05, 4.69) is 9.97 Å². The molecule has 8 heteroatoms. The molecule has 0 fully saturated rings. The minimum Gasteiger partial charge on any atom is -0.382 e. The topological polar surface area (TPSA) is 84.5 Å². The largest absolute Gasteiger partial charge is 0.382 e. The van der Waals surface area contributed by atoms with Crippen molar-refractivity contribution < 1.29 is 14.3 Å². The molecule has 7 nitrogen and oxygen atoms in total. The smallest absolute Gasteiger partial charge is 0.258 e. The molecule has 1 aromatic heterocycles. The zero-order valence-corrected chi connectivity index (χ0v) is 15.1. The lowest BCUT2D eigenvalue weighted by molar-refractivity contribution is -0.137. The summed E-state index contributed by atoms with van der Waals surface area (Å²) >= 11 is 5.97. The summed E-state index contributed by atoms with van der Waals surface area (Å²) in [5.41, 5.74) is 0.253. The number of carbonyl (C=O) groups is 1. The van der Waals surface area contributed by atoms with Crippen LogP contribution in [0.1, 0.15) is 19.2 Å². The third kappa shape index (κ3) is 5.52. The number of nitrogens with zero attached hydrogens (tertiary/aromatic N) is 2. The lowest BCUT2D eigenvalue weighted by Crippen LogP contribution is -2.35. The Hall–Kier alpha value is -1.96. The highest BCUT2D eigenvalue weighted by atomic mass is 35.5. The Morgan fingerprint density at radius 2 is 2.16 bits per heavy atom. The van der Waals surface area contributed by atoms with Gasteiger partial charge in [0.25, 0.3) is 5.56 Å². The fraction of sp³-hybridized carbons (Fsp3) is 0.471. The number of ether oxygens (including phenoxy) is 2. The minimum absolute atomic E-state index is 0.0347. The fourth-order valence-electron chi connectivity index (χ4n) is 2.37. The van der Waals surface area contributed by atoms with E-state index >= 15 is 0 Å². The number of H-pyrrole nitrogens is 1. The van der Waals surface area contributed by atoms with Crippen molar-refractivity contribution in [1.82, 2.24) is 14.9 Å². The third-order valence-electron chi connectivity index (χ3n) is 3.56. The summed E-state index contributed by atoms with van der Waals surface area (Å²) in [5, 5.41) is 0.967. The molecule has 0 aliphatic rings. The minimum atomic E-state index is -0.253. The van der Waals surface area contributed by atoms with Crippen molar-refractivity contribution >= 4 is 28.4 Å². The quantitative estimate of drug-likeness (QED) is 0.685. The van der Waals surface area contributed by atoms with Crippen molar-refractivity contribution in [3.05, 3.63) is 39.4 Å². The van der Waals surface area contributed by atoms with Gasteiger partial charge >= 0.3 is 0 Å². The van der Waals surface area contributed by atoms with Crippen LogP contribution in [0.3, 0.4) is 0 Å². The van der Waals surface area contributed by atoms with Crippen LogP contribution in [0.25, 0.3) is 10.9 Å². The second-order valence-electron chi connectivity index (χ2n) is 5.53. The van der Waals surface area contributed by atoms with E-state index in [1.807, 2.05) is 6.92 Å². The number of rotatable bonds is 9. The number of aromatic amines is 1. The van der Waals surface area contributed by atoms with Crippen molar-refractivity contribution in [3.8, 4) is 0 Å². The van der Waals surface area contributed by atoms with Crippen LogP contribution in [0.2, 0.25) is 5.02 Å².